The summed E-state index contributed by atoms with van der Waals surface area (Å²) in [4.78, 5) is 3.00. The highest BCUT2D eigenvalue weighted by atomic mass is 14.6. The van der Waals surface area contributed by atoms with Crippen LogP contribution in [0.3, 0.4) is 0 Å². The van der Waals surface area contributed by atoms with Crippen LogP contribution < -0.4 is 0 Å². The van der Waals surface area contributed by atoms with Crippen LogP contribution in [0.4, 0.5) is 0 Å². The van der Waals surface area contributed by atoms with E-state index in [2.05, 4.69) is 37.0 Å². The minimum absolute atomic E-state index is 0.634. The molecule has 0 aromatic carbocycles. The molecule has 0 aliphatic rings. The monoisotopic (exact) mass is 135 g/mol. The maximum absolute atomic E-state index is 3.00. The van der Waals surface area contributed by atoms with E-state index in [1.54, 1.807) is 0 Å². The molecule has 0 fully saturated rings. The Morgan fingerprint density at radius 2 is 2.30 bits per heavy atom. The van der Waals surface area contributed by atoms with Crippen molar-refractivity contribution < 1.29 is 0 Å². The summed E-state index contributed by atoms with van der Waals surface area (Å²) < 4.78 is 0. The molecule has 1 heteroatoms. The van der Waals surface area contributed by atoms with Gasteiger partial charge in [-0.3, -0.25) is 0 Å². The third-order valence-corrected chi connectivity index (χ3v) is 1.30. The molecule has 0 amide bonds. The molecule has 0 saturated heterocycles. The molecule has 0 unspecified atom stereocenters. The van der Waals surface area contributed by atoms with Crippen molar-refractivity contribution in [3.05, 3.63) is 30.1 Å². The SMILES string of the molecule is CC(C)/C=C/c1cc[nH]c1. The normalized spacial score (nSPS) is 11.5. The van der Waals surface area contributed by atoms with Gasteiger partial charge >= 0.3 is 0 Å². The molecule has 1 aromatic heterocycles. The summed E-state index contributed by atoms with van der Waals surface area (Å²) in [6.07, 6.45) is 8.23. The molecule has 10 heavy (non-hydrogen) atoms. The predicted molar refractivity (Wildman–Crippen MR) is 44.7 cm³/mol. The summed E-state index contributed by atoms with van der Waals surface area (Å²) in [7, 11) is 0. The van der Waals surface area contributed by atoms with Gasteiger partial charge in [0.1, 0.15) is 0 Å². The van der Waals surface area contributed by atoms with E-state index in [0.29, 0.717) is 5.92 Å². The summed E-state index contributed by atoms with van der Waals surface area (Å²) in [5.74, 6) is 0.634. The number of hydrogen-bond donors (Lipinski definition) is 1. The Bertz CT molecular complexity index is 195. The van der Waals surface area contributed by atoms with Crippen molar-refractivity contribution in [3.63, 3.8) is 0 Å². The summed E-state index contributed by atoms with van der Waals surface area (Å²) in [6, 6.07) is 2.05. The lowest BCUT2D eigenvalue weighted by Gasteiger charge is -1.90. The molecule has 0 aliphatic heterocycles. The first-order chi connectivity index (χ1) is 4.79. The summed E-state index contributed by atoms with van der Waals surface area (Å²) >= 11 is 0. The molecular formula is C9H13N. The Morgan fingerprint density at radius 3 is 2.80 bits per heavy atom. The van der Waals surface area contributed by atoms with Gasteiger partial charge in [-0.05, 0) is 17.5 Å². The van der Waals surface area contributed by atoms with Crippen LogP contribution in [-0.2, 0) is 0 Å². The number of aromatic amines is 1. The second-order valence-corrected chi connectivity index (χ2v) is 2.75. The Morgan fingerprint density at radius 1 is 1.50 bits per heavy atom. The van der Waals surface area contributed by atoms with Gasteiger partial charge in [0, 0.05) is 12.4 Å². The molecule has 0 atom stereocenters. The summed E-state index contributed by atoms with van der Waals surface area (Å²) in [5.41, 5.74) is 1.24. The number of nitrogens with one attached hydrogen (secondary N) is 1. The third-order valence-electron chi connectivity index (χ3n) is 1.30. The summed E-state index contributed by atoms with van der Waals surface area (Å²) in [6.45, 7) is 4.34. The molecule has 1 N–H and O–H groups in total. The second kappa shape index (κ2) is 3.25. The zero-order chi connectivity index (χ0) is 7.40. The van der Waals surface area contributed by atoms with E-state index in [0.717, 1.165) is 0 Å². The molecule has 0 aliphatic carbocycles. The fourth-order valence-electron chi connectivity index (χ4n) is 0.744. The van der Waals surface area contributed by atoms with Crippen LogP contribution in [0, 0.1) is 5.92 Å². The number of hydrogen-bond acceptors (Lipinski definition) is 0. The average Bonchev–Trinajstić information content (AvgIpc) is 2.34. The Kier molecular flexibility index (Phi) is 2.32. The van der Waals surface area contributed by atoms with Gasteiger partial charge in [0.25, 0.3) is 0 Å². The lowest BCUT2D eigenvalue weighted by molar-refractivity contribution is 0.836. The smallest absolute Gasteiger partial charge is 0.00779 e. The van der Waals surface area contributed by atoms with Crippen molar-refractivity contribution in [2.75, 3.05) is 0 Å². The first-order valence-electron chi connectivity index (χ1n) is 3.60. The van der Waals surface area contributed by atoms with E-state index < -0.39 is 0 Å². The van der Waals surface area contributed by atoms with Gasteiger partial charge in [0.15, 0.2) is 0 Å². The van der Waals surface area contributed by atoms with Crippen molar-refractivity contribution in [3.8, 4) is 0 Å². The van der Waals surface area contributed by atoms with Crippen LogP contribution >= 0.6 is 0 Å². The number of aromatic nitrogens is 1. The van der Waals surface area contributed by atoms with Crippen molar-refractivity contribution in [2.24, 2.45) is 5.92 Å². The minimum atomic E-state index is 0.634. The van der Waals surface area contributed by atoms with Crippen molar-refractivity contribution >= 4 is 6.08 Å². The molecule has 1 rings (SSSR count). The largest absolute Gasteiger partial charge is 0.367 e. The standard InChI is InChI=1S/C9H13N/c1-8(2)3-4-9-5-6-10-7-9/h3-8,10H,1-2H3/b4-3+. The van der Waals surface area contributed by atoms with Gasteiger partial charge in [0.05, 0.1) is 0 Å². The van der Waals surface area contributed by atoms with Crippen LogP contribution in [0.5, 0.6) is 0 Å². The van der Waals surface area contributed by atoms with Gasteiger partial charge in [-0.1, -0.05) is 26.0 Å². The number of allylic oxidation sites excluding steroid dienone is 1. The van der Waals surface area contributed by atoms with E-state index in [1.165, 1.54) is 5.56 Å². The van der Waals surface area contributed by atoms with Gasteiger partial charge < -0.3 is 4.98 Å². The Balaban J connectivity index is 2.55. The van der Waals surface area contributed by atoms with Crippen LogP contribution in [0.25, 0.3) is 6.08 Å². The van der Waals surface area contributed by atoms with Gasteiger partial charge in [-0.25, -0.2) is 0 Å². The molecule has 1 heterocycles. The lowest BCUT2D eigenvalue weighted by Crippen LogP contribution is -1.75. The predicted octanol–water partition coefficient (Wildman–Crippen LogP) is 2.68. The van der Waals surface area contributed by atoms with E-state index in [1.807, 2.05) is 12.4 Å². The van der Waals surface area contributed by atoms with Gasteiger partial charge in [-0.15, -0.1) is 0 Å². The highest BCUT2D eigenvalue weighted by Gasteiger charge is 1.85. The van der Waals surface area contributed by atoms with Crippen molar-refractivity contribution in [1.82, 2.24) is 4.98 Å². The molecule has 54 valence electrons. The van der Waals surface area contributed by atoms with E-state index in [9.17, 15) is 0 Å². The van der Waals surface area contributed by atoms with Crippen LogP contribution in [-0.4, -0.2) is 4.98 Å². The Labute approximate surface area is 61.8 Å². The molecule has 1 nitrogen and oxygen atoms in total. The van der Waals surface area contributed by atoms with E-state index >= 15 is 0 Å². The molecule has 0 saturated carbocycles. The van der Waals surface area contributed by atoms with Gasteiger partial charge in [-0.2, -0.15) is 0 Å². The molecular weight excluding hydrogens is 122 g/mol. The maximum atomic E-state index is 3.00. The topological polar surface area (TPSA) is 15.8 Å². The van der Waals surface area contributed by atoms with E-state index in [-0.39, 0.29) is 0 Å². The van der Waals surface area contributed by atoms with Crippen LogP contribution in [0.15, 0.2) is 24.5 Å². The zero-order valence-corrected chi connectivity index (χ0v) is 6.46. The Hall–Kier alpha value is -0.980. The van der Waals surface area contributed by atoms with Crippen LogP contribution in [0.1, 0.15) is 19.4 Å². The van der Waals surface area contributed by atoms with E-state index in [4.69, 9.17) is 0 Å². The maximum Gasteiger partial charge on any atom is 0.00779 e. The quantitative estimate of drug-likeness (QED) is 0.641. The zero-order valence-electron chi connectivity index (χ0n) is 6.46. The van der Waals surface area contributed by atoms with Crippen molar-refractivity contribution in [2.45, 2.75) is 13.8 Å². The lowest BCUT2D eigenvalue weighted by atomic mass is 10.2. The highest BCUT2D eigenvalue weighted by Crippen LogP contribution is 2.02. The van der Waals surface area contributed by atoms with Crippen LogP contribution in [0.2, 0.25) is 0 Å². The average molecular weight is 135 g/mol. The minimum Gasteiger partial charge on any atom is -0.367 e. The third kappa shape index (κ3) is 2.09. The fourth-order valence-corrected chi connectivity index (χ4v) is 0.744. The molecule has 0 bridgehead atoms. The van der Waals surface area contributed by atoms with Crippen molar-refractivity contribution in [1.29, 1.82) is 0 Å². The molecule has 1 aromatic rings. The fraction of sp³-hybridized carbons (Fsp3) is 0.333. The second-order valence-electron chi connectivity index (χ2n) is 2.75. The first kappa shape index (κ1) is 7.13. The first-order valence-corrected chi connectivity index (χ1v) is 3.60. The number of rotatable bonds is 2. The van der Waals surface area contributed by atoms with Gasteiger partial charge in [0.2, 0.25) is 0 Å². The molecule has 0 radical (unpaired) electrons. The molecule has 0 spiro atoms. The summed E-state index contributed by atoms with van der Waals surface area (Å²) in [5, 5.41) is 0. The number of H-pyrrole nitrogens is 1. The highest BCUT2D eigenvalue weighted by molar-refractivity contribution is 5.47.